The quantitative estimate of drug-likeness (QED) is 0.442. The van der Waals surface area contributed by atoms with Crippen molar-refractivity contribution in [3.8, 4) is 17.2 Å². The Morgan fingerprint density at radius 2 is 1.86 bits per heavy atom. The summed E-state index contributed by atoms with van der Waals surface area (Å²) in [4.78, 5) is 16.8. The average molecular weight is 413 g/mol. The molecule has 0 aliphatic carbocycles. The first kappa shape index (κ1) is 18.3. The number of halogens is 2. The molecular weight excluding hydrogens is 399 g/mol. The van der Waals surface area contributed by atoms with E-state index in [4.69, 9.17) is 32.4 Å². The van der Waals surface area contributed by atoms with E-state index < -0.39 is 0 Å². The number of benzene rings is 3. The molecule has 0 radical (unpaired) electrons. The first-order valence-corrected chi connectivity index (χ1v) is 9.10. The van der Waals surface area contributed by atoms with Crippen LogP contribution in [0.25, 0.3) is 22.6 Å². The smallest absolute Gasteiger partial charge is 0.255 e. The van der Waals surface area contributed by atoms with Gasteiger partial charge in [0, 0.05) is 21.8 Å². The van der Waals surface area contributed by atoms with Crippen LogP contribution in [0.2, 0.25) is 10.0 Å². The topological polar surface area (TPSA) is 64.4 Å². The van der Waals surface area contributed by atoms with E-state index >= 15 is 0 Å². The Balaban J connectivity index is 1.55. The molecule has 0 bridgehead atoms. The van der Waals surface area contributed by atoms with Crippen LogP contribution in [-0.2, 0) is 0 Å². The van der Waals surface area contributed by atoms with Gasteiger partial charge in [0.1, 0.15) is 11.3 Å². The Labute approximate surface area is 170 Å². The molecule has 7 heteroatoms. The zero-order valence-corrected chi connectivity index (χ0v) is 16.2. The Bertz CT molecular complexity index is 1170. The van der Waals surface area contributed by atoms with Gasteiger partial charge in [0.15, 0.2) is 5.58 Å². The number of amides is 1. The van der Waals surface area contributed by atoms with Crippen LogP contribution < -0.4 is 10.1 Å². The molecule has 0 aliphatic rings. The van der Waals surface area contributed by atoms with E-state index in [2.05, 4.69) is 10.3 Å². The maximum absolute atomic E-state index is 12.4. The van der Waals surface area contributed by atoms with Gasteiger partial charge in [-0.15, -0.1) is 0 Å². The first-order valence-electron chi connectivity index (χ1n) is 8.35. The molecule has 0 saturated carbocycles. The SMILES string of the molecule is COc1cccc(C(=O)Nc2ccc(-c3nc4cc(Cl)cc(Cl)c4o3)cc2)c1. The molecule has 4 aromatic rings. The third-order valence-corrected chi connectivity index (χ3v) is 4.63. The molecule has 140 valence electrons. The van der Waals surface area contributed by atoms with Crippen LogP contribution in [0.15, 0.2) is 65.1 Å². The number of oxazole rings is 1. The molecule has 0 aliphatic heterocycles. The Morgan fingerprint density at radius 3 is 2.61 bits per heavy atom. The van der Waals surface area contributed by atoms with Crippen molar-refractivity contribution < 1.29 is 13.9 Å². The van der Waals surface area contributed by atoms with Crippen molar-refractivity contribution in [2.24, 2.45) is 0 Å². The molecule has 1 amide bonds. The molecule has 1 aromatic heterocycles. The molecular formula is C21H14Cl2N2O3. The monoisotopic (exact) mass is 412 g/mol. The van der Waals surface area contributed by atoms with Crippen molar-refractivity contribution in [1.29, 1.82) is 0 Å². The Morgan fingerprint density at radius 1 is 1.07 bits per heavy atom. The van der Waals surface area contributed by atoms with E-state index in [-0.39, 0.29) is 5.91 Å². The van der Waals surface area contributed by atoms with E-state index in [1.807, 2.05) is 0 Å². The molecule has 4 rings (SSSR count). The van der Waals surface area contributed by atoms with Crippen molar-refractivity contribution in [3.63, 3.8) is 0 Å². The predicted molar refractivity (Wildman–Crippen MR) is 110 cm³/mol. The van der Waals surface area contributed by atoms with Gasteiger partial charge in [-0.3, -0.25) is 4.79 Å². The van der Waals surface area contributed by atoms with Crippen LogP contribution in [0.4, 0.5) is 5.69 Å². The number of nitrogens with zero attached hydrogens (tertiary/aromatic N) is 1. The summed E-state index contributed by atoms with van der Waals surface area (Å²) in [5.74, 6) is 0.817. The third-order valence-electron chi connectivity index (χ3n) is 4.13. The summed E-state index contributed by atoms with van der Waals surface area (Å²) in [6.07, 6.45) is 0. The fourth-order valence-electron chi connectivity index (χ4n) is 2.75. The van der Waals surface area contributed by atoms with Crippen molar-refractivity contribution in [2.45, 2.75) is 0 Å². The van der Waals surface area contributed by atoms with Crippen LogP contribution >= 0.6 is 23.2 Å². The highest BCUT2D eigenvalue weighted by Gasteiger charge is 2.13. The van der Waals surface area contributed by atoms with Crippen LogP contribution in [0.1, 0.15) is 10.4 Å². The number of nitrogens with one attached hydrogen (secondary N) is 1. The van der Waals surface area contributed by atoms with Gasteiger partial charge in [0.25, 0.3) is 5.91 Å². The highest BCUT2D eigenvalue weighted by molar-refractivity contribution is 6.38. The summed E-state index contributed by atoms with van der Waals surface area (Å²) < 4.78 is 10.9. The number of hydrogen-bond acceptors (Lipinski definition) is 4. The maximum atomic E-state index is 12.4. The summed E-state index contributed by atoms with van der Waals surface area (Å²) in [5.41, 5.74) is 2.98. The van der Waals surface area contributed by atoms with Gasteiger partial charge < -0.3 is 14.5 Å². The summed E-state index contributed by atoms with van der Waals surface area (Å²) in [5, 5.41) is 3.75. The number of carbonyl (C=O) groups is 1. The number of anilines is 1. The highest BCUT2D eigenvalue weighted by Crippen LogP contribution is 2.32. The van der Waals surface area contributed by atoms with Crippen LogP contribution in [0.5, 0.6) is 5.75 Å². The van der Waals surface area contributed by atoms with Gasteiger partial charge >= 0.3 is 0 Å². The van der Waals surface area contributed by atoms with Crippen LogP contribution in [0.3, 0.4) is 0 Å². The van der Waals surface area contributed by atoms with E-state index in [0.717, 1.165) is 5.56 Å². The van der Waals surface area contributed by atoms with Crippen molar-refractivity contribution in [2.75, 3.05) is 12.4 Å². The second-order valence-corrected chi connectivity index (χ2v) is 6.86. The molecule has 1 N–H and O–H groups in total. The molecule has 28 heavy (non-hydrogen) atoms. The van der Waals surface area contributed by atoms with Gasteiger partial charge in [0.05, 0.1) is 12.1 Å². The largest absolute Gasteiger partial charge is 0.497 e. The minimum atomic E-state index is -0.227. The fraction of sp³-hybridized carbons (Fsp3) is 0.0476. The van der Waals surface area contributed by atoms with Crippen molar-refractivity contribution >= 4 is 45.9 Å². The molecule has 0 unspecified atom stereocenters. The van der Waals surface area contributed by atoms with Crippen molar-refractivity contribution in [3.05, 3.63) is 76.3 Å². The predicted octanol–water partition coefficient (Wildman–Crippen LogP) is 6.06. The summed E-state index contributed by atoms with van der Waals surface area (Å²) in [6.45, 7) is 0. The van der Waals surface area contributed by atoms with Gasteiger partial charge in [-0.2, -0.15) is 0 Å². The number of aromatic nitrogens is 1. The van der Waals surface area contributed by atoms with Gasteiger partial charge in [0.2, 0.25) is 5.89 Å². The lowest BCUT2D eigenvalue weighted by molar-refractivity contribution is 0.102. The number of rotatable bonds is 4. The standard InChI is InChI=1S/C21H14Cl2N2O3/c1-27-16-4-2-3-13(9-16)20(26)24-15-7-5-12(6-8-15)21-25-18-11-14(22)10-17(23)19(18)28-21/h2-11H,1H3,(H,24,26). The second-order valence-electron chi connectivity index (χ2n) is 6.02. The maximum Gasteiger partial charge on any atom is 0.255 e. The molecule has 0 fully saturated rings. The number of methoxy groups -OCH3 is 1. The molecule has 5 nitrogen and oxygen atoms in total. The normalized spacial score (nSPS) is 10.8. The van der Waals surface area contributed by atoms with Gasteiger partial charge in [-0.1, -0.05) is 29.3 Å². The molecule has 1 heterocycles. The van der Waals surface area contributed by atoms with E-state index in [1.54, 1.807) is 67.8 Å². The van der Waals surface area contributed by atoms with Gasteiger partial charge in [-0.05, 0) is 54.6 Å². The summed E-state index contributed by atoms with van der Waals surface area (Å²) >= 11 is 12.2. The Kier molecular flexibility index (Phi) is 4.94. The molecule has 0 spiro atoms. The highest BCUT2D eigenvalue weighted by atomic mass is 35.5. The minimum absolute atomic E-state index is 0.227. The van der Waals surface area contributed by atoms with E-state index in [1.165, 1.54) is 0 Å². The zero-order chi connectivity index (χ0) is 19.7. The molecule has 3 aromatic carbocycles. The zero-order valence-electron chi connectivity index (χ0n) is 14.7. The molecule has 0 atom stereocenters. The lowest BCUT2D eigenvalue weighted by Gasteiger charge is -2.07. The fourth-order valence-corrected chi connectivity index (χ4v) is 3.27. The van der Waals surface area contributed by atoms with E-state index in [0.29, 0.717) is 44.0 Å². The first-order chi connectivity index (χ1) is 13.5. The molecule has 0 saturated heterocycles. The lowest BCUT2D eigenvalue weighted by Crippen LogP contribution is -2.11. The van der Waals surface area contributed by atoms with Crippen molar-refractivity contribution in [1.82, 2.24) is 4.98 Å². The average Bonchev–Trinajstić information content (AvgIpc) is 3.13. The van der Waals surface area contributed by atoms with E-state index in [9.17, 15) is 4.79 Å². The lowest BCUT2D eigenvalue weighted by atomic mass is 10.1. The van der Waals surface area contributed by atoms with Crippen LogP contribution in [-0.4, -0.2) is 18.0 Å². The summed E-state index contributed by atoms with van der Waals surface area (Å²) in [6, 6.07) is 17.4. The number of fused-ring (bicyclic) bond motifs is 1. The third kappa shape index (κ3) is 3.67. The Hall–Kier alpha value is -3.02. The minimum Gasteiger partial charge on any atom is -0.497 e. The van der Waals surface area contributed by atoms with Gasteiger partial charge in [-0.25, -0.2) is 4.98 Å². The summed E-state index contributed by atoms with van der Waals surface area (Å²) in [7, 11) is 1.56. The number of ether oxygens (including phenoxy) is 1. The number of carbonyl (C=O) groups excluding carboxylic acids is 1. The second kappa shape index (κ2) is 7.54. The number of hydrogen-bond donors (Lipinski definition) is 1. The van der Waals surface area contributed by atoms with Crippen LogP contribution in [0, 0.1) is 0 Å².